The quantitative estimate of drug-likeness (QED) is 0.465. The van der Waals surface area contributed by atoms with E-state index in [1.54, 1.807) is 38.8 Å². The van der Waals surface area contributed by atoms with Gasteiger partial charge in [0.1, 0.15) is 0 Å². The minimum absolute atomic E-state index is 0.347. The minimum atomic E-state index is 0.347. The second kappa shape index (κ2) is 8.54. The first-order valence-corrected chi connectivity index (χ1v) is 8.73. The molecular weight excluding hydrogens is 368 g/mol. The standard InChI is InChI=1S/C18H20N4O4S/c1-4-7-26-16-14(23-2)9-12(10-15(16)24-3)11-19-22-17(20-21-18(22)27)13-6-5-8-25-13/h5-6,8-11H,4,7H2,1-3H3,(H,21,27)/b19-11-. The highest BCUT2D eigenvalue weighted by Crippen LogP contribution is 2.38. The number of rotatable bonds is 8. The van der Waals surface area contributed by atoms with E-state index in [4.69, 9.17) is 30.8 Å². The zero-order valence-electron chi connectivity index (χ0n) is 15.3. The maximum Gasteiger partial charge on any atom is 0.219 e. The lowest BCUT2D eigenvalue weighted by molar-refractivity contribution is 0.275. The lowest BCUT2D eigenvalue weighted by Crippen LogP contribution is -2.02. The number of aromatic amines is 1. The topological polar surface area (TPSA) is 86.8 Å². The molecule has 0 amide bonds. The van der Waals surface area contributed by atoms with E-state index in [1.165, 1.54) is 4.68 Å². The molecule has 1 aromatic carbocycles. The number of hydrogen-bond donors (Lipinski definition) is 1. The Morgan fingerprint density at radius 2 is 2.04 bits per heavy atom. The molecule has 0 bridgehead atoms. The number of aromatic nitrogens is 3. The Morgan fingerprint density at radius 3 is 2.63 bits per heavy atom. The molecule has 8 nitrogen and oxygen atoms in total. The molecule has 0 fully saturated rings. The van der Waals surface area contributed by atoms with Gasteiger partial charge in [0, 0.05) is 5.56 Å². The zero-order valence-corrected chi connectivity index (χ0v) is 16.1. The number of nitrogens with zero attached hydrogens (tertiary/aromatic N) is 3. The van der Waals surface area contributed by atoms with Gasteiger partial charge in [0.05, 0.1) is 33.3 Å². The highest BCUT2D eigenvalue weighted by Gasteiger charge is 2.14. The minimum Gasteiger partial charge on any atom is -0.493 e. The summed E-state index contributed by atoms with van der Waals surface area (Å²) in [7, 11) is 3.16. The van der Waals surface area contributed by atoms with Gasteiger partial charge in [0.15, 0.2) is 17.3 Å². The first-order chi connectivity index (χ1) is 13.2. The van der Waals surface area contributed by atoms with E-state index in [0.717, 1.165) is 12.0 Å². The van der Waals surface area contributed by atoms with Gasteiger partial charge in [0.2, 0.25) is 16.3 Å². The predicted octanol–water partition coefficient (Wildman–Crippen LogP) is 3.89. The maximum atomic E-state index is 5.75. The van der Waals surface area contributed by atoms with Crippen molar-refractivity contribution in [3.63, 3.8) is 0 Å². The van der Waals surface area contributed by atoms with Crippen molar-refractivity contribution in [3.05, 3.63) is 40.9 Å². The molecule has 3 rings (SSSR count). The van der Waals surface area contributed by atoms with E-state index in [2.05, 4.69) is 15.3 Å². The van der Waals surface area contributed by atoms with E-state index >= 15 is 0 Å². The van der Waals surface area contributed by atoms with Crippen molar-refractivity contribution in [2.75, 3.05) is 20.8 Å². The highest BCUT2D eigenvalue weighted by atomic mass is 32.1. The number of furan rings is 1. The van der Waals surface area contributed by atoms with Crippen LogP contribution < -0.4 is 14.2 Å². The van der Waals surface area contributed by atoms with Crippen LogP contribution in [0.1, 0.15) is 18.9 Å². The molecule has 0 saturated carbocycles. The first-order valence-electron chi connectivity index (χ1n) is 8.32. The molecule has 142 valence electrons. The third kappa shape index (κ3) is 4.03. The van der Waals surface area contributed by atoms with Crippen LogP contribution in [0.4, 0.5) is 0 Å². The smallest absolute Gasteiger partial charge is 0.219 e. The van der Waals surface area contributed by atoms with Crippen LogP contribution in [0.2, 0.25) is 0 Å². The molecule has 0 aliphatic carbocycles. The number of nitrogens with one attached hydrogen (secondary N) is 1. The van der Waals surface area contributed by atoms with E-state index in [0.29, 0.717) is 40.2 Å². The molecule has 0 aliphatic heterocycles. The zero-order chi connectivity index (χ0) is 19.2. The van der Waals surface area contributed by atoms with Crippen molar-refractivity contribution in [2.24, 2.45) is 5.10 Å². The van der Waals surface area contributed by atoms with Gasteiger partial charge in [-0.05, 0) is 42.9 Å². The summed E-state index contributed by atoms with van der Waals surface area (Å²) >= 11 is 5.25. The number of methoxy groups -OCH3 is 2. The maximum absolute atomic E-state index is 5.75. The fraction of sp³-hybridized carbons (Fsp3) is 0.278. The number of H-pyrrole nitrogens is 1. The van der Waals surface area contributed by atoms with Crippen molar-refractivity contribution < 1.29 is 18.6 Å². The monoisotopic (exact) mass is 388 g/mol. The van der Waals surface area contributed by atoms with Crippen molar-refractivity contribution >= 4 is 18.4 Å². The number of hydrogen-bond acceptors (Lipinski definition) is 7. The molecule has 0 spiro atoms. The van der Waals surface area contributed by atoms with Crippen molar-refractivity contribution in [2.45, 2.75) is 13.3 Å². The Balaban J connectivity index is 1.97. The van der Waals surface area contributed by atoms with Crippen molar-refractivity contribution in [3.8, 4) is 28.8 Å². The average Bonchev–Trinajstić information content (AvgIpc) is 3.34. The molecule has 3 aromatic rings. The number of benzene rings is 1. The Kier molecular flexibility index (Phi) is 5.92. The molecular formula is C18H20N4O4S. The highest BCUT2D eigenvalue weighted by molar-refractivity contribution is 7.71. The third-order valence-corrected chi connectivity index (χ3v) is 3.91. The van der Waals surface area contributed by atoms with Gasteiger partial charge < -0.3 is 18.6 Å². The first kappa shape index (κ1) is 18.7. The van der Waals surface area contributed by atoms with Crippen LogP contribution in [0.3, 0.4) is 0 Å². The second-order valence-electron chi connectivity index (χ2n) is 5.49. The van der Waals surface area contributed by atoms with Gasteiger partial charge >= 0.3 is 0 Å². The summed E-state index contributed by atoms with van der Waals surface area (Å²) in [5.41, 5.74) is 0.751. The van der Waals surface area contributed by atoms with Crippen LogP contribution in [0.15, 0.2) is 40.0 Å². The molecule has 27 heavy (non-hydrogen) atoms. The SMILES string of the molecule is CCCOc1c(OC)cc(/C=N\n2c(-c3ccco3)n[nH]c2=S)cc1OC. The fourth-order valence-electron chi connectivity index (χ4n) is 2.41. The van der Waals surface area contributed by atoms with Gasteiger partial charge in [-0.25, -0.2) is 5.10 Å². The van der Waals surface area contributed by atoms with Gasteiger partial charge in [-0.2, -0.15) is 9.78 Å². The van der Waals surface area contributed by atoms with Gasteiger partial charge in [-0.15, -0.1) is 5.10 Å². The Morgan fingerprint density at radius 1 is 1.30 bits per heavy atom. The van der Waals surface area contributed by atoms with Gasteiger partial charge in [-0.3, -0.25) is 0 Å². The Bertz CT molecular complexity index is 951. The van der Waals surface area contributed by atoms with E-state index in [9.17, 15) is 0 Å². The summed E-state index contributed by atoms with van der Waals surface area (Å²) in [5, 5.41) is 11.3. The largest absolute Gasteiger partial charge is 0.493 e. The third-order valence-electron chi connectivity index (χ3n) is 3.65. The molecule has 0 unspecified atom stereocenters. The summed E-state index contributed by atoms with van der Waals surface area (Å²) in [4.78, 5) is 0. The second-order valence-corrected chi connectivity index (χ2v) is 5.88. The van der Waals surface area contributed by atoms with Crippen LogP contribution in [0, 0.1) is 4.77 Å². The van der Waals surface area contributed by atoms with Crippen molar-refractivity contribution in [1.82, 2.24) is 14.9 Å². The van der Waals surface area contributed by atoms with Gasteiger partial charge in [-0.1, -0.05) is 6.92 Å². The van der Waals surface area contributed by atoms with Crippen LogP contribution in [0.5, 0.6) is 17.2 Å². The van der Waals surface area contributed by atoms with Crippen molar-refractivity contribution in [1.29, 1.82) is 0 Å². The predicted molar refractivity (Wildman–Crippen MR) is 103 cm³/mol. The lowest BCUT2D eigenvalue weighted by atomic mass is 10.2. The van der Waals surface area contributed by atoms with Crippen LogP contribution in [-0.2, 0) is 0 Å². The molecule has 1 N–H and O–H groups in total. The normalized spacial score (nSPS) is 11.1. The van der Waals surface area contributed by atoms with Crippen LogP contribution in [-0.4, -0.2) is 41.9 Å². The van der Waals surface area contributed by atoms with E-state index < -0.39 is 0 Å². The lowest BCUT2D eigenvalue weighted by Gasteiger charge is -2.14. The molecule has 9 heteroatoms. The van der Waals surface area contributed by atoms with E-state index in [1.807, 2.05) is 19.1 Å². The summed E-state index contributed by atoms with van der Waals surface area (Å²) < 4.78 is 23.8. The molecule has 2 aromatic heterocycles. The average molecular weight is 388 g/mol. The summed E-state index contributed by atoms with van der Waals surface area (Å²) in [6.45, 7) is 2.60. The number of ether oxygens (including phenoxy) is 3. The Labute approximate surface area is 161 Å². The molecule has 0 saturated heterocycles. The fourth-order valence-corrected chi connectivity index (χ4v) is 2.59. The van der Waals surface area contributed by atoms with Crippen LogP contribution in [0.25, 0.3) is 11.6 Å². The van der Waals surface area contributed by atoms with Crippen LogP contribution >= 0.6 is 12.2 Å². The van der Waals surface area contributed by atoms with E-state index in [-0.39, 0.29) is 0 Å². The molecule has 2 heterocycles. The summed E-state index contributed by atoms with van der Waals surface area (Å²) in [6, 6.07) is 7.18. The summed E-state index contributed by atoms with van der Waals surface area (Å²) in [5.74, 6) is 2.72. The molecule has 0 atom stereocenters. The van der Waals surface area contributed by atoms with Gasteiger partial charge in [0.25, 0.3) is 0 Å². The summed E-state index contributed by atoms with van der Waals surface area (Å²) in [6.07, 6.45) is 4.07. The molecule has 0 radical (unpaired) electrons. The Hall–Kier alpha value is -3.07. The molecule has 0 aliphatic rings.